The van der Waals surface area contributed by atoms with Crippen LogP contribution in [0.1, 0.15) is 45.9 Å². The van der Waals surface area contributed by atoms with Gasteiger partial charge >= 0.3 is 0 Å². The fourth-order valence-corrected chi connectivity index (χ4v) is 1.41. The molecule has 1 unspecified atom stereocenters. The lowest BCUT2D eigenvalue weighted by Gasteiger charge is -2.16. The molecule has 0 aliphatic heterocycles. The fraction of sp³-hybridized carbons (Fsp3) is 0.727. The Morgan fingerprint density at radius 1 is 1.43 bits per heavy atom. The lowest BCUT2D eigenvalue weighted by molar-refractivity contribution is 0.533. The van der Waals surface area contributed by atoms with Gasteiger partial charge in [-0.2, -0.15) is 0 Å². The largest absolute Gasteiger partial charge is 0.353 e. The third-order valence-electron chi connectivity index (χ3n) is 2.34. The number of aromatic nitrogens is 2. The van der Waals surface area contributed by atoms with Gasteiger partial charge in [0.1, 0.15) is 0 Å². The van der Waals surface area contributed by atoms with Crippen LogP contribution in [-0.2, 0) is 0 Å². The maximum atomic E-state index is 4.47. The van der Waals surface area contributed by atoms with E-state index in [1.807, 2.05) is 6.92 Å². The predicted molar refractivity (Wildman–Crippen MR) is 60.7 cm³/mol. The monoisotopic (exact) mass is 195 g/mol. The number of nitrogens with one attached hydrogen (secondary N) is 1. The maximum absolute atomic E-state index is 4.47. The molecular formula is C11H21N3. The first-order valence-corrected chi connectivity index (χ1v) is 5.36. The molecule has 0 aliphatic carbocycles. The van der Waals surface area contributed by atoms with Gasteiger partial charge in [-0.3, -0.25) is 0 Å². The van der Waals surface area contributed by atoms with Crippen molar-refractivity contribution < 1.29 is 0 Å². The van der Waals surface area contributed by atoms with Crippen LogP contribution in [0.15, 0.2) is 6.20 Å². The molecule has 1 heterocycles. The third kappa shape index (κ3) is 2.50. The summed E-state index contributed by atoms with van der Waals surface area (Å²) in [5.74, 6) is 0.992. The van der Waals surface area contributed by atoms with Crippen molar-refractivity contribution in [3.8, 4) is 0 Å². The Bertz CT molecular complexity index is 289. The van der Waals surface area contributed by atoms with E-state index in [0.717, 1.165) is 18.1 Å². The van der Waals surface area contributed by atoms with E-state index in [0.29, 0.717) is 12.1 Å². The van der Waals surface area contributed by atoms with Crippen LogP contribution in [0.4, 0.5) is 5.95 Å². The van der Waals surface area contributed by atoms with Gasteiger partial charge in [-0.25, -0.2) is 4.98 Å². The van der Waals surface area contributed by atoms with Crippen molar-refractivity contribution in [3.63, 3.8) is 0 Å². The molecule has 0 spiro atoms. The van der Waals surface area contributed by atoms with Gasteiger partial charge in [0.05, 0.1) is 5.69 Å². The quantitative estimate of drug-likeness (QED) is 0.800. The lowest BCUT2D eigenvalue weighted by Crippen LogP contribution is -2.16. The Hall–Kier alpha value is -0.990. The second-order valence-corrected chi connectivity index (χ2v) is 4.17. The maximum Gasteiger partial charge on any atom is 0.203 e. The zero-order valence-electron chi connectivity index (χ0n) is 9.83. The van der Waals surface area contributed by atoms with E-state index in [4.69, 9.17) is 0 Å². The number of anilines is 1. The van der Waals surface area contributed by atoms with E-state index in [1.165, 1.54) is 0 Å². The molecule has 0 saturated carbocycles. The fourth-order valence-electron chi connectivity index (χ4n) is 1.41. The smallest absolute Gasteiger partial charge is 0.203 e. The predicted octanol–water partition coefficient (Wildman–Crippen LogP) is 2.98. The molecule has 0 aliphatic rings. The first kappa shape index (κ1) is 11.1. The lowest BCUT2D eigenvalue weighted by atomic mass is 10.2. The van der Waals surface area contributed by atoms with Crippen molar-refractivity contribution in [2.45, 2.75) is 53.1 Å². The minimum atomic E-state index is 0.430. The number of nitrogens with zero attached hydrogens (tertiary/aromatic N) is 2. The molecule has 3 nitrogen and oxygen atoms in total. The second kappa shape index (κ2) is 4.49. The molecule has 0 aromatic carbocycles. The van der Waals surface area contributed by atoms with Gasteiger partial charge in [0.15, 0.2) is 0 Å². The Balaban J connectivity index is 2.90. The zero-order valence-corrected chi connectivity index (χ0v) is 9.83. The van der Waals surface area contributed by atoms with Crippen molar-refractivity contribution >= 4 is 5.95 Å². The van der Waals surface area contributed by atoms with E-state index in [9.17, 15) is 0 Å². The Morgan fingerprint density at radius 2 is 2.07 bits per heavy atom. The van der Waals surface area contributed by atoms with Crippen molar-refractivity contribution in [2.75, 3.05) is 5.32 Å². The van der Waals surface area contributed by atoms with Crippen LogP contribution >= 0.6 is 0 Å². The highest BCUT2D eigenvalue weighted by Gasteiger charge is 2.10. The normalized spacial score (nSPS) is 13.3. The molecule has 1 rings (SSSR count). The molecule has 0 radical (unpaired) electrons. The van der Waals surface area contributed by atoms with Crippen LogP contribution < -0.4 is 5.32 Å². The van der Waals surface area contributed by atoms with Crippen LogP contribution in [0.2, 0.25) is 0 Å². The summed E-state index contributed by atoms with van der Waals surface area (Å²) in [6.07, 6.45) is 3.24. The van der Waals surface area contributed by atoms with E-state index in [1.54, 1.807) is 0 Å². The number of aryl methyl sites for hydroxylation is 1. The molecule has 80 valence electrons. The van der Waals surface area contributed by atoms with Crippen LogP contribution in [0.3, 0.4) is 0 Å². The topological polar surface area (TPSA) is 29.9 Å². The number of hydrogen-bond acceptors (Lipinski definition) is 2. The minimum absolute atomic E-state index is 0.430. The van der Waals surface area contributed by atoms with Gasteiger partial charge in [0, 0.05) is 18.3 Å². The van der Waals surface area contributed by atoms with E-state index < -0.39 is 0 Å². The van der Waals surface area contributed by atoms with Crippen LogP contribution in [0.5, 0.6) is 0 Å². The number of hydrogen-bond donors (Lipinski definition) is 1. The molecule has 14 heavy (non-hydrogen) atoms. The molecule has 1 aromatic rings. The molecule has 1 atom stereocenters. The highest BCUT2D eigenvalue weighted by molar-refractivity contribution is 5.30. The first-order valence-electron chi connectivity index (χ1n) is 5.36. The first-order chi connectivity index (χ1) is 6.54. The highest BCUT2D eigenvalue weighted by atomic mass is 15.2. The molecule has 1 N–H and O–H groups in total. The standard InChI is InChI=1S/C11H21N3/c1-6-10(5)14-7-9(4)13-11(14)12-8(2)3/h7-8,10H,6H2,1-5H3,(H,12,13). The zero-order chi connectivity index (χ0) is 10.7. The number of rotatable bonds is 4. The van der Waals surface area contributed by atoms with E-state index in [-0.39, 0.29) is 0 Å². The SMILES string of the molecule is CCC(C)n1cc(C)nc1NC(C)C. The second-order valence-electron chi connectivity index (χ2n) is 4.17. The van der Waals surface area contributed by atoms with Crippen molar-refractivity contribution in [1.29, 1.82) is 0 Å². The highest BCUT2D eigenvalue weighted by Crippen LogP contribution is 2.18. The summed E-state index contributed by atoms with van der Waals surface area (Å²) < 4.78 is 2.22. The molecular weight excluding hydrogens is 174 g/mol. The minimum Gasteiger partial charge on any atom is -0.353 e. The summed E-state index contributed by atoms with van der Waals surface area (Å²) in [4.78, 5) is 4.47. The van der Waals surface area contributed by atoms with Gasteiger partial charge < -0.3 is 9.88 Å². The summed E-state index contributed by atoms with van der Waals surface area (Å²) >= 11 is 0. The van der Waals surface area contributed by atoms with Crippen molar-refractivity contribution in [2.24, 2.45) is 0 Å². The molecule has 0 fully saturated rings. The van der Waals surface area contributed by atoms with Gasteiger partial charge in [-0.1, -0.05) is 6.92 Å². The average Bonchev–Trinajstić information content (AvgIpc) is 2.44. The van der Waals surface area contributed by atoms with Crippen LogP contribution in [0, 0.1) is 6.92 Å². The summed E-state index contributed by atoms with van der Waals surface area (Å²) in [7, 11) is 0. The van der Waals surface area contributed by atoms with E-state index >= 15 is 0 Å². The van der Waals surface area contributed by atoms with Gasteiger partial charge in [-0.05, 0) is 34.1 Å². The number of imidazole rings is 1. The average molecular weight is 195 g/mol. The third-order valence-corrected chi connectivity index (χ3v) is 2.34. The Morgan fingerprint density at radius 3 is 2.57 bits per heavy atom. The van der Waals surface area contributed by atoms with Crippen LogP contribution in [-0.4, -0.2) is 15.6 Å². The van der Waals surface area contributed by atoms with Gasteiger partial charge in [0.2, 0.25) is 5.95 Å². The summed E-state index contributed by atoms with van der Waals surface area (Å²) in [6, 6.07) is 0.942. The summed E-state index contributed by atoms with van der Waals surface area (Å²) in [5, 5.41) is 3.36. The van der Waals surface area contributed by atoms with Gasteiger partial charge in [-0.15, -0.1) is 0 Å². The Kier molecular flexibility index (Phi) is 3.55. The molecule has 0 saturated heterocycles. The molecule has 0 amide bonds. The van der Waals surface area contributed by atoms with Crippen molar-refractivity contribution in [1.82, 2.24) is 9.55 Å². The van der Waals surface area contributed by atoms with Gasteiger partial charge in [0.25, 0.3) is 0 Å². The molecule has 1 aromatic heterocycles. The van der Waals surface area contributed by atoms with Crippen molar-refractivity contribution in [3.05, 3.63) is 11.9 Å². The molecule has 0 bridgehead atoms. The summed E-state index contributed by atoms with van der Waals surface area (Å²) in [6.45, 7) is 10.7. The molecule has 3 heteroatoms. The summed E-state index contributed by atoms with van der Waals surface area (Å²) in [5.41, 5.74) is 1.08. The van der Waals surface area contributed by atoms with E-state index in [2.05, 4.69) is 48.8 Å². The Labute approximate surface area is 86.5 Å². The van der Waals surface area contributed by atoms with Crippen LogP contribution in [0.25, 0.3) is 0 Å².